The summed E-state index contributed by atoms with van der Waals surface area (Å²) in [5, 5.41) is 16.2. The molecule has 0 saturated carbocycles. The van der Waals surface area contributed by atoms with E-state index < -0.39 is 0 Å². The fourth-order valence-electron chi connectivity index (χ4n) is 2.19. The fourth-order valence-corrected chi connectivity index (χ4v) is 2.19. The Hall–Kier alpha value is -2.14. The lowest BCUT2D eigenvalue weighted by atomic mass is 10.1. The summed E-state index contributed by atoms with van der Waals surface area (Å²) < 4.78 is 1.78. The Morgan fingerprint density at radius 1 is 1.40 bits per heavy atom. The van der Waals surface area contributed by atoms with Crippen molar-refractivity contribution in [2.75, 3.05) is 5.32 Å². The average Bonchev–Trinajstić information content (AvgIpc) is 2.65. The minimum Gasteiger partial charge on any atom is -0.392 e. The van der Waals surface area contributed by atoms with Crippen molar-refractivity contribution in [3.8, 4) is 0 Å². The highest BCUT2D eigenvalue weighted by Gasteiger charge is 2.13. The maximum Gasteiger partial charge on any atom is 0.228 e. The molecule has 0 saturated heterocycles. The molecule has 0 aliphatic rings. The molecule has 2 aromatic rings. The molecule has 0 aliphatic heterocycles. The van der Waals surface area contributed by atoms with Gasteiger partial charge < -0.3 is 10.4 Å². The monoisotopic (exact) mass is 273 g/mol. The van der Waals surface area contributed by atoms with Gasteiger partial charge >= 0.3 is 0 Å². The summed E-state index contributed by atoms with van der Waals surface area (Å²) in [6.45, 7) is 3.82. The van der Waals surface area contributed by atoms with Crippen LogP contribution in [0.5, 0.6) is 0 Å². The minimum atomic E-state index is -0.0840. The number of carbonyl (C=O) groups is 1. The number of hydrogen-bond acceptors (Lipinski definition) is 3. The molecule has 0 fully saturated rings. The third-order valence-corrected chi connectivity index (χ3v) is 3.39. The van der Waals surface area contributed by atoms with Gasteiger partial charge in [-0.15, -0.1) is 0 Å². The van der Waals surface area contributed by atoms with Crippen LogP contribution in [0.3, 0.4) is 0 Å². The molecular weight excluding hydrogens is 254 g/mol. The van der Waals surface area contributed by atoms with Gasteiger partial charge in [-0.05, 0) is 31.5 Å². The molecule has 1 heterocycles. The van der Waals surface area contributed by atoms with Gasteiger partial charge in [0.25, 0.3) is 0 Å². The van der Waals surface area contributed by atoms with Gasteiger partial charge in [0.15, 0.2) is 0 Å². The summed E-state index contributed by atoms with van der Waals surface area (Å²) in [5.74, 6) is -0.0840. The Balaban J connectivity index is 2.09. The van der Waals surface area contributed by atoms with Gasteiger partial charge in [-0.1, -0.05) is 12.1 Å². The number of amides is 1. The van der Waals surface area contributed by atoms with Gasteiger partial charge in [0.1, 0.15) is 0 Å². The second kappa shape index (κ2) is 5.88. The van der Waals surface area contributed by atoms with E-state index in [2.05, 4.69) is 10.4 Å². The summed E-state index contributed by atoms with van der Waals surface area (Å²) in [5.41, 5.74) is 4.31. The molecule has 1 aromatic carbocycles. The van der Waals surface area contributed by atoms with E-state index in [0.29, 0.717) is 12.1 Å². The van der Waals surface area contributed by atoms with Crippen molar-refractivity contribution < 1.29 is 9.90 Å². The second-order valence-corrected chi connectivity index (χ2v) is 4.86. The molecule has 0 unspecified atom stereocenters. The van der Waals surface area contributed by atoms with E-state index in [-0.39, 0.29) is 12.5 Å². The van der Waals surface area contributed by atoms with Crippen LogP contribution in [0.15, 0.2) is 24.3 Å². The number of benzene rings is 1. The summed E-state index contributed by atoms with van der Waals surface area (Å²) in [4.78, 5) is 12.1. The minimum absolute atomic E-state index is 0.0372. The Labute approximate surface area is 118 Å². The Morgan fingerprint density at radius 2 is 2.15 bits per heavy atom. The number of carbonyl (C=O) groups excluding carboxylic acids is 1. The van der Waals surface area contributed by atoms with Gasteiger partial charge in [0.2, 0.25) is 5.91 Å². The third kappa shape index (κ3) is 3.05. The number of aliphatic hydroxyl groups is 1. The number of aromatic nitrogens is 2. The number of rotatable bonds is 4. The molecule has 0 spiro atoms. The van der Waals surface area contributed by atoms with Gasteiger partial charge in [-0.2, -0.15) is 5.10 Å². The summed E-state index contributed by atoms with van der Waals surface area (Å²) in [6.07, 6.45) is 0.300. The first-order valence-corrected chi connectivity index (χ1v) is 6.50. The van der Waals surface area contributed by atoms with Crippen molar-refractivity contribution in [2.45, 2.75) is 26.9 Å². The largest absolute Gasteiger partial charge is 0.392 e. The lowest BCUT2D eigenvalue weighted by molar-refractivity contribution is -0.115. The Bertz CT molecular complexity index is 632. The normalized spacial score (nSPS) is 10.6. The van der Waals surface area contributed by atoms with Crippen molar-refractivity contribution in [1.82, 2.24) is 9.78 Å². The number of nitrogens with zero attached hydrogens (tertiary/aromatic N) is 2. The topological polar surface area (TPSA) is 67.2 Å². The highest BCUT2D eigenvalue weighted by molar-refractivity contribution is 5.92. The molecule has 106 valence electrons. The number of hydrogen-bond donors (Lipinski definition) is 2. The molecular formula is C15H19N3O2. The zero-order chi connectivity index (χ0) is 14.7. The first-order chi connectivity index (χ1) is 9.51. The summed E-state index contributed by atoms with van der Waals surface area (Å²) in [6, 6.07) is 7.19. The van der Waals surface area contributed by atoms with Crippen LogP contribution in [-0.2, 0) is 24.9 Å². The second-order valence-electron chi connectivity index (χ2n) is 4.86. The van der Waals surface area contributed by atoms with E-state index in [9.17, 15) is 4.79 Å². The molecule has 0 aliphatic carbocycles. The van der Waals surface area contributed by atoms with E-state index in [4.69, 9.17) is 5.11 Å². The predicted octanol–water partition coefficient (Wildman–Crippen LogP) is 1.71. The first-order valence-electron chi connectivity index (χ1n) is 6.50. The lowest BCUT2D eigenvalue weighted by Crippen LogP contribution is -2.15. The smallest absolute Gasteiger partial charge is 0.228 e. The van der Waals surface area contributed by atoms with Gasteiger partial charge in [0, 0.05) is 24.0 Å². The molecule has 0 atom stereocenters. The molecule has 0 bridgehead atoms. The van der Waals surface area contributed by atoms with Gasteiger partial charge in [-0.3, -0.25) is 9.48 Å². The number of anilines is 1. The maximum atomic E-state index is 12.1. The third-order valence-electron chi connectivity index (χ3n) is 3.39. The van der Waals surface area contributed by atoms with Crippen LogP contribution in [-0.4, -0.2) is 20.8 Å². The maximum absolute atomic E-state index is 12.1. The van der Waals surface area contributed by atoms with Crippen LogP contribution < -0.4 is 5.32 Å². The molecule has 1 aromatic heterocycles. The zero-order valence-corrected chi connectivity index (χ0v) is 12.0. The molecule has 20 heavy (non-hydrogen) atoms. The van der Waals surface area contributed by atoms with Crippen molar-refractivity contribution in [3.05, 3.63) is 46.8 Å². The van der Waals surface area contributed by atoms with Gasteiger partial charge in [0.05, 0.1) is 18.7 Å². The van der Waals surface area contributed by atoms with Gasteiger partial charge in [-0.25, -0.2) is 0 Å². The summed E-state index contributed by atoms with van der Waals surface area (Å²) in [7, 11) is 1.87. The van der Waals surface area contributed by atoms with Crippen LogP contribution in [0.4, 0.5) is 5.69 Å². The molecule has 2 rings (SSSR count). The standard InChI is InChI=1S/C15H19N3O2/c1-10-14(11(2)18(3)17-10)8-15(20)16-13-6-4-5-12(7-13)9-19/h4-7,19H,8-9H2,1-3H3,(H,16,20). The highest BCUT2D eigenvalue weighted by Crippen LogP contribution is 2.15. The van der Waals surface area contributed by atoms with Crippen LogP contribution >= 0.6 is 0 Å². The van der Waals surface area contributed by atoms with E-state index in [1.165, 1.54) is 0 Å². The average molecular weight is 273 g/mol. The fraction of sp³-hybridized carbons (Fsp3) is 0.333. The Kier molecular flexibility index (Phi) is 4.20. The Morgan fingerprint density at radius 3 is 2.75 bits per heavy atom. The SMILES string of the molecule is Cc1nn(C)c(C)c1CC(=O)Nc1cccc(CO)c1. The molecule has 1 amide bonds. The number of aliphatic hydroxyl groups excluding tert-OH is 1. The van der Waals surface area contributed by atoms with Crippen LogP contribution in [0, 0.1) is 13.8 Å². The first kappa shape index (κ1) is 14.3. The molecule has 2 N–H and O–H groups in total. The van der Waals surface area contributed by atoms with E-state index in [1.54, 1.807) is 16.8 Å². The van der Waals surface area contributed by atoms with E-state index >= 15 is 0 Å². The van der Waals surface area contributed by atoms with Crippen LogP contribution in [0.1, 0.15) is 22.5 Å². The molecule has 5 nitrogen and oxygen atoms in total. The van der Waals surface area contributed by atoms with Crippen LogP contribution in [0.25, 0.3) is 0 Å². The van der Waals surface area contributed by atoms with E-state index in [1.807, 2.05) is 33.0 Å². The predicted molar refractivity (Wildman–Crippen MR) is 77.4 cm³/mol. The van der Waals surface area contributed by atoms with Crippen molar-refractivity contribution in [3.63, 3.8) is 0 Å². The van der Waals surface area contributed by atoms with Crippen molar-refractivity contribution in [1.29, 1.82) is 0 Å². The lowest BCUT2D eigenvalue weighted by Gasteiger charge is -2.07. The zero-order valence-electron chi connectivity index (χ0n) is 12.0. The number of nitrogens with one attached hydrogen (secondary N) is 1. The van der Waals surface area contributed by atoms with Crippen LogP contribution in [0.2, 0.25) is 0 Å². The summed E-state index contributed by atoms with van der Waals surface area (Å²) >= 11 is 0. The van der Waals surface area contributed by atoms with Crippen molar-refractivity contribution >= 4 is 11.6 Å². The molecule has 0 radical (unpaired) electrons. The highest BCUT2D eigenvalue weighted by atomic mass is 16.3. The van der Waals surface area contributed by atoms with E-state index in [0.717, 1.165) is 22.5 Å². The number of aryl methyl sites for hydroxylation is 2. The molecule has 5 heteroatoms. The quantitative estimate of drug-likeness (QED) is 0.891. The van der Waals surface area contributed by atoms with Crippen molar-refractivity contribution in [2.24, 2.45) is 7.05 Å².